The van der Waals surface area contributed by atoms with Gasteiger partial charge in [-0.2, -0.15) is 5.10 Å². The smallest absolute Gasteiger partial charge is 0.253 e. The molecule has 4 N–H and O–H groups in total. The summed E-state index contributed by atoms with van der Waals surface area (Å²) in [7, 11) is 0. The fraction of sp³-hybridized carbons (Fsp3) is 0.429. The fourth-order valence-electron chi connectivity index (χ4n) is 3.71. The van der Waals surface area contributed by atoms with Crippen molar-refractivity contribution in [3.8, 4) is 0 Å². The molecule has 0 saturated carbocycles. The van der Waals surface area contributed by atoms with E-state index in [4.69, 9.17) is 21.1 Å². The van der Waals surface area contributed by atoms with E-state index < -0.39 is 0 Å². The van der Waals surface area contributed by atoms with E-state index in [9.17, 15) is 9.59 Å². The van der Waals surface area contributed by atoms with Crippen LogP contribution in [0.2, 0.25) is 5.02 Å². The first-order valence-electron chi connectivity index (χ1n) is 13.3. The molecule has 0 aliphatic carbocycles. The van der Waals surface area contributed by atoms with E-state index in [2.05, 4.69) is 45.2 Å². The summed E-state index contributed by atoms with van der Waals surface area (Å²) in [6.45, 7) is 10.2. The van der Waals surface area contributed by atoms with E-state index in [1.54, 1.807) is 31.3 Å². The van der Waals surface area contributed by atoms with Gasteiger partial charge in [-0.1, -0.05) is 30.7 Å². The van der Waals surface area contributed by atoms with Gasteiger partial charge in [0.25, 0.3) is 5.91 Å². The molecule has 0 radical (unpaired) electrons. The van der Waals surface area contributed by atoms with Gasteiger partial charge in [-0.05, 0) is 32.9 Å². The number of hydrogen-bond acceptors (Lipinski definition) is 8. The van der Waals surface area contributed by atoms with Gasteiger partial charge in [-0.15, -0.1) is 0 Å². The van der Waals surface area contributed by atoms with Crippen molar-refractivity contribution in [2.24, 2.45) is 0 Å². The summed E-state index contributed by atoms with van der Waals surface area (Å²) in [6.07, 6.45) is 2.01. The number of ether oxygens (including phenoxy) is 2. The monoisotopic (exact) mass is 571 g/mol. The van der Waals surface area contributed by atoms with Crippen molar-refractivity contribution in [2.45, 2.75) is 40.2 Å². The number of aromatic nitrogens is 3. The summed E-state index contributed by atoms with van der Waals surface area (Å²) in [5.41, 5.74) is 2.57. The highest BCUT2D eigenvalue weighted by atomic mass is 35.5. The van der Waals surface area contributed by atoms with E-state index in [-0.39, 0.29) is 17.9 Å². The minimum Gasteiger partial charge on any atom is -0.377 e. The van der Waals surface area contributed by atoms with Crippen LogP contribution in [0.15, 0.2) is 42.6 Å². The zero-order valence-electron chi connectivity index (χ0n) is 23.4. The molecule has 0 spiro atoms. The lowest BCUT2D eigenvalue weighted by Gasteiger charge is -2.15. The van der Waals surface area contributed by atoms with E-state index in [0.717, 1.165) is 11.5 Å². The van der Waals surface area contributed by atoms with Crippen molar-refractivity contribution in [1.29, 1.82) is 0 Å². The van der Waals surface area contributed by atoms with Crippen LogP contribution in [0, 0.1) is 6.92 Å². The Labute approximate surface area is 240 Å². The second kappa shape index (κ2) is 15.8. The van der Waals surface area contributed by atoms with Crippen LogP contribution in [0.4, 0.5) is 23.0 Å². The Kier molecular flexibility index (Phi) is 12.2. The van der Waals surface area contributed by atoms with Crippen molar-refractivity contribution in [1.82, 2.24) is 25.4 Å². The van der Waals surface area contributed by atoms with Gasteiger partial charge in [0, 0.05) is 37.7 Å². The zero-order chi connectivity index (χ0) is 28.9. The molecule has 2 aromatic heterocycles. The highest BCUT2D eigenvalue weighted by Gasteiger charge is 2.14. The molecule has 3 rings (SSSR count). The highest BCUT2D eigenvalue weighted by molar-refractivity contribution is 6.33. The number of pyridine rings is 1. The largest absolute Gasteiger partial charge is 0.377 e. The molecule has 0 atom stereocenters. The number of carbonyl (C=O) groups is 2. The van der Waals surface area contributed by atoms with Gasteiger partial charge in [-0.25, -0.2) is 9.67 Å². The van der Waals surface area contributed by atoms with Gasteiger partial charge >= 0.3 is 0 Å². The van der Waals surface area contributed by atoms with Gasteiger partial charge in [-0.3, -0.25) is 9.59 Å². The van der Waals surface area contributed by atoms with Crippen LogP contribution in [0.5, 0.6) is 0 Å². The molecule has 216 valence electrons. The maximum absolute atomic E-state index is 12.9. The number of amides is 2. The second-order valence-electron chi connectivity index (χ2n) is 9.24. The number of anilines is 4. The van der Waals surface area contributed by atoms with Crippen molar-refractivity contribution in [3.63, 3.8) is 0 Å². The van der Waals surface area contributed by atoms with E-state index in [1.807, 2.05) is 29.8 Å². The predicted octanol–water partition coefficient (Wildman–Crippen LogP) is 4.60. The molecule has 2 heterocycles. The Bertz CT molecular complexity index is 1270. The highest BCUT2D eigenvalue weighted by Crippen LogP contribution is 2.30. The summed E-state index contributed by atoms with van der Waals surface area (Å²) in [5, 5.41) is 17.1. The number of hydrogen-bond donors (Lipinski definition) is 4. The molecule has 11 nitrogen and oxygen atoms in total. The summed E-state index contributed by atoms with van der Waals surface area (Å²) in [4.78, 5) is 28.5. The van der Waals surface area contributed by atoms with Gasteiger partial charge < -0.3 is 30.7 Å². The van der Waals surface area contributed by atoms with Crippen LogP contribution in [-0.4, -0.2) is 66.1 Å². The molecule has 3 aromatic rings. The lowest BCUT2D eigenvalue weighted by Crippen LogP contribution is -2.28. The summed E-state index contributed by atoms with van der Waals surface area (Å²) < 4.78 is 12.8. The molecule has 0 aliphatic heterocycles. The van der Waals surface area contributed by atoms with E-state index >= 15 is 0 Å². The van der Waals surface area contributed by atoms with Gasteiger partial charge in [0.15, 0.2) is 0 Å². The topological polar surface area (TPSA) is 131 Å². The van der Waals surface area contributed by atoms with Crippen LogP contribution in [-0.2, 0) is 14.3 Å². The molecule has 0 fully saturated rings. The molecule has 0 aliphatic rings. The molecular weight excluding hydrogens is 534 g/mol. The number of carbonyl (C=O) groups excluding carboxylic acids is 2. The number of halogens is 1. The van der Waals surface area contributed by atoms with Crippen LogP contribution >= 0.6 is 11.6 Å². The van der Waals surface area contributed by atoms with Crippen molar-refractivity contribution >= 4 is 46.4 Å². The van der Waals surface area contributed by atoms with Crippen LogP contribution < -0.4 is 21.3 Å². The Hall–Kier alpha value is -3.67. The first-order valence-corrected chi connectivity index (χ1v) is 13.7. The molecule has 40 heavy (non-hydrogen) atoms. The molecule has 0 unspecified atom stereocenters. The maximum atomic E-state index is 12.9. The number of nitrogens with one attached hydrogen (secondary N) is 4. The number of para-hydroxylation sites is 1. The average Bonchev–Trinajstić information content (AvgIpc) is 3.31. The minimum absolute atomic E-state index is 0.000971. The quantitative estimate of drug-likeness (QED) is 0.183. The molecule has 0 saturated heterocycles. The SMILES string of the molecule is CCC(=O)NCCOCCOCCNC(=O)c1ccccc1Nc1cc(Nc2cc(C)nn2C(C)C)ncc1Cl. The standard InChI is InChI=1S/C28H38ClN7O4/c1-5-27(37)30-10-12-39-14-15-40-13-11-31-28(38)21-8-6-7-9-23(21)33-24-17-25(32-18-22(24)29)34-26-16-20(4)35-36(26)19(2)3/h6-9,16-19H,5,10-15H2,1-4H3,(H,30,37)(H,31,38)(H2,32,33,34). The normalized spacial score (nSPS) is 10.9. The second-order valence-corrected chi connectivity index (χ2v) is 9.65. The first kappa shape index (κ1) is 30.9. The third-order valence-electron chi connectivity index (χ3n) is 5.69. The maximum Gasteiger partial charge on any atom is 0.253 e. The molecular formula is C28H38ClN7O4. The van der Waals surface area contributed by atoms with E-state index in [0.29, 0.717) is 73.7 Å². The molecule has 1 aromatic carbocycles. The predicted molar refractivity (Wildman–Crippen MR) is 157 cm³/mol. The fourth-order valence-corrected chi connectivity index (χ4v) is 3.87. The number of rotatable bonds is 16. The third kappa shape index (κ3) is 9.51. The number of aryl methyl sites for hydroxylation is 1. The Morgan fingerprint density at radius 1 is 0.975 bits per heavy atom. The number of nitrogens with zero attached hydrogens (tertiary/aromatic N) is 3. The lowest BCUT2D eigenvalue weighted by atomic mass is 10.1. The first-order chi connectivity index (χ1) is 19.3. The van der Waals surface area contributed by atoms with Gasteiger partial charge in [0.05, 0.1) is 60.3 Å². The third-order valence-corrected chi connectivity index (χ3v) is 5.99. The summed E-state index contributed by atoms with van der Waals surface area (Å²) in [6, 6.07) is 11.1. The molecule has 2 amide bonds. The van der Waals surface area contributed by atoms with Crippen LogP contribution in [0.25, 0.3) is 0 Å². The van der Waals surface area contributed by atoms with E-state index in [1.165, 1.54) is 0 Å². The lowest BCUT2D eigenvalue weighted by molar-refractivity contribution is -0.121. The Balaban J connectivity index is 1.51. The molecule has 12 heteroatoms. The van der Waals surface area contributed by atoms with Crippen LogP contribution in [0.3, 0.4) is 0 Å². The van der Waals surface area contributed by atoms with Gasteiger partial charge in [0.2, 0.25) is 5.91 Å². The summed E-state index contributed by atoms with van der Waals surface area (Å²) >= 11 is 6.44. The molecule has 0 bridgehead atoms. The van der Waals surface area contributed by atoms with Crippen molar-refractivity contribution in [2.75, 3.05) is 50.2 Å². The minimum atomic E-state index is -0.241. The zero-order valence-corrected chi connectivity index (χ0v) is 24.2. The number of benzene rings is 1. The Morgan fingerprint density at radius 2 is 1.68 bits per heavy atom. The van der Waals surface area contributed by atoms with Crippen LogP contribution in [0.1, 0.15) is 49.3 Å². The average molecular weight is 572 g/mol. The Morgan fingerprint density at radius 3 is 2.38 bits per heavy atom. The summed E-state index contributed by atoms with van der Waals surface area (Å²) in [5.74, 6) is 1.16. The van der Waals surface area contributed by atoms with Gasteiger partial charge in [0.1, 0.15) is 11.6 Å². The van der Waals surface area contributed by atoms with Crippen molar-refractivity contribution < 1.29 is 19.1 Å². The van der Waals surface area contributed by atoms with Crippen molar-refractivity contribution in [3.05, 3.63) is 58.9 Å².